The van der Waals surface area contributed by atoms with Gasteiger partial charge in [0.25, 0.3) is 0 Å². The first-order chi connectivity index (χ1) is 13.6. The van der Waals surface area contributed by atoms with Crippen LogP contribution in [0.4, 0.5) is 0 Å². The van der Waals surface area contributed by atoms with Gasteiger partial charge in [-0.1, -0.05) is 105 Å². The summed E-state index contributed by atoms with van der Waals surface area (Å²) in [7, 11) is -1.48. The topological polar surface area (TPSA) is 17.3 Å². The molecule has 1 atom stereocenters. The molecule has 3 rings (SSSR count). The van der Waals surface area contributed by atoms with E-state index in [1.54, 1.807) is 0 Å². The van der Waals surface area contributed by atoms with Gasteiger partial charge in [0.2, 0.25) is 0 Å². The third kappa shape index (κ3) is 6.51. The van der Waals surface area contributed by atoms with E-state index >= 15 is 0 Å². The van der Waals surface area contributed by atoms with E-state index in [1.165, 1.54) is 15.9 Å². The zero-order valence-electron chi connectivity index (χ0n) is 18.1. The molecule has 0 aliphatic heterocycles. The third-order valence-electron chi connectivity index (χ3n) is 4.19. The quantitative estimate of drug-likeness (QED) is 0.409. The van der Waals surface area contributed by atoms with Crippen molar-refractivity contribution in [2.45, 2.75) is 39.8 Å². The molecule has 3 aromatic carbocycles. The fourth-order valence-electron chi connectivity index (χ4n) is 3.08. The van der Waals surface area contributed by atoms with Gasteiger partial charge in [0.1, 0.15) is 0 Å². The predicted molar refractivity (Wildman–Crippen MR) is 128 cm³/mol. The van der Waals surface area contributed by atoms with Gasteiger partial charge in [-0.25, -0.2) is 0 Å². The largest absolute Gasteiger partial charge is 1.00 e. The molecule has 0 bridgehead atoms. The van der Waals surface area contributed by atoms with Gasteiger partial charge < -0.3 is 5.09 Å². The van der Waals surface area contributed by atoms with Gasteiger partial charge in [0.05, 0.1) is 0 Å². The van der Waals surface area contributed by atoms with Crippen molar-refractivity contribution in [3.63, 3.8) is 0 Å². The van der Waals surface area contributed by atoms with Crippen LogP contribution >= 0.6 is 16.3 Å². The summed E-state index contributed by atoms with van der Waals surface area (Å²) in [5, 5.41) is 9.32. The normalized spacial score (nSPS) is 12.4. The van der Waals surface area contributed by atoms with E-state index < -0.39 is 16.3 Å². The molecule has 0 amide bonds. The third-order valence-corrected chi connectivity index (χ3v) is 9.97. The monoisotopic (exact) mass is 414 g/mol. The summed E-state index contributed by atoms with van der Waals surface area (Å²) in [6.45, 7) is 8.97. The van der Waals surface area contributed by atoms with Crippen LogP contribution in [0.15, 0.2) is 91.0 Å². The van der Waals surface area contributed by atoms with Crippen molar-refractivity contribution in [2.24, 2.45) is 0 Å². The fourth-order valence-corrected chi connectivity index (χ4v) is 8.75. The van der Waals surface area contributed by atoms with E-state index in [0.717, 1.165) is 0 Å². The van der Waals surface area contributed by atoms with Crippen molar-refractivity contribution in [3.05, 3.63) is 96.1 Å². The number of hydrogen-bond donors (Lipinski definition) is 0. The molecule has 0 N–H and O–H groups in total. The SMILES string of the molecule is CC(C)[N-][P@@](c1ccccc1)N(C(C)C)P(c1ccccc1)c1ccccc1.[Li+]. The molecule has 0 aliphatic carbocycles. The molecule has 0 aliphatic rings. The predicted octanol–water partition coefficient (Wildman–Crippen LogP) is 3.17. The van der Waals surface area contributed by atoms with Crippen LogP contribution in [0, 0.1) is 0 Å². The van der Waals surface area contributed by atoms with Gasteiger partial charge in [-0.3, -0.25) is 4.44 Å². The molecule has 0 saturated heterocycles. The minimum atomic E-state index is -0.798. The molecule has 0 fully saturated rings. The fraction of sp³-hybridized carbons (Fsp3) is 0.250. The van der Waals surface area contributed by atoms with E-state index in [1.807, 2.05) is 0 Å². The van der Waals surface area contributed by atoms with Crippen LogP contribution in [0.3, 0.4) is 0 Å². The maximum atomic E-state index is 5.25. The Hall–Kier alpha value is -0.963. The van der Waals surface area contributed by atoms with Gasteiger partial charge >= 0.3 is 18.9 Å². The molecule has 0 unspecified atom stereocenters. The van der Waals surface area contributed by atoms with Gasteiger partial charge in [-0.15, -0.1) is 14.3 Å². The molecule has 29 heavy (non-hydrogen) atoms. The molecular formula is C24H29LiN2P2. The second kappa shape index (κ2) is 12.0. The Morgan fingerprint density at radius 1 is 0.621 bits per heavy atom. The summed E-state index contributed by atoms with van der Waals surface area (Å²) in [4.78, 5) is 0. The molecule has 146 valence electrons. The smallest absolute Gasteiger partial charge is 0.617 e. The zero-order chi connectivity index (χ0) is 19.9. The summed E-state index contributed by atoms with van der Waals surface area (Å²) in [5.74, 6) is 0. The Balaban J connectivity index is 0.00000300. The van der Waals surface area contributed by atoms with Crippen LogP contribution in [-0.4, -0.2) is 16.5 Å². The molecule has 3 aromatic rings. The maximum Gasteiger partial charge on any atom is 1.00 e. The van der Waals surface area contributed by atoms with E-state index in [9.17, 15) is 0 Å². The molecule has 2 nitrogen and oxygen atoms in total. The van der Waals surface area contributed by atoms with Crippen LogP contribution in [0.5, 0.6) is 0 Å². The number of benzene rings is 3. The number of nitrogens with zero attached hydrogens (tertiary/aromatic N) is 2. The van der Waals surface area contributed by atoms with Gasteiger partial charge in [-0.2, -0.15) is 0 Å². The Morgan fingerprint density at radius 2 is 1.00 bits per heavy atom. The standard InChI is InChI=1S/C24H29N2P2.Li/c1-20(2)25-28(24-18-12-7-13-19-24)26(21(3)4)27(22-14-8-5-9-15-22)23-16-10-6-11-17-23;/h5-21H,1-4H3;/q-1;+1/t28-;/m1./s1. The molecule has 0 heterocycles. The van der Waals surface area contributed by atoms with Crippen LogP contribution in [0.25, 0.3) is 5.09 Å². The maximum absolute atomic E-state index is 5.25. The summed E-state index contributed by atoms with van der Waals surface area (Å²) >= 11 is 0. The van der Waals surface area contributed by atoms with Crippen molar-refractivity contribution in [2.75, 3.05) is 0 Å². The van der Waals surface area contributed by atoms with Crippen LogP contribution in [0.2, 0.25) is 0 Å². The van der Waals surface area contributed by atoms with E-state index in [2.05, 4.69) is 123 Å². The van der Waals surface area contributed by atoms with Gasteiger partial charge in [0.15, 0.2) is 0 Å². The van der Waals surface area contributed by atoms with Crippen molar-refractivity contribution in [1.29, 1.82) is 0 Å². The summed E-state index contributed by atoms with van der Waals surface area (Å²) in [6, 6.07) is 33.3. The minimum Gasteiger partial charge on any atom is -0.617 e. The molecule has 0 aromatic heterocycles. The van der Waals surface area contributed by atoms with Crippen LogP contribution < -0.4 is 34.8 Å². The van der Waals surface area contributed by atoms with Gasteiger partial charge in [-0.05, 0) is 29.8 Å². The van der Waals surface area contributed by atoms with Crippen molar-refractivity contribution < 1.29 is 18.9 Å². The van der Waals surface area contributed by atoms with Crippen LogP contribution in [0.1, 0.15) is 27.7 Å². The van der Waals surface area contributed by atoms with Gasteiger partial charge in [0, 0.05) is 14.1 Å². The first-order valence-electron chi connectivity index (χ1n) is 9.83. The molecular weight excluding hydrogens is 385 g/mol. The van der Waals surface area contributed by atoms with Crippen molar-refractivity contribution in [3.8, 4) is 0 Å². The van der Waals surface area contributed by atoms with Crippen molar-refractivity contribution >= 4 is 32.2 Å². The average molecular weight is 414 g/mol. The molecule has 0 radical (unpaired) electrons. The summed E-state index contributed by atoms with van der Waals surface area (Å²) in [5.41, 5.74) is 0. The Bertz CT molecular complexity index is 790. The average Bonchev–Trinajstić information content (AvgIpc) is 2.72. The Kier molecular flexibility index (Phi) is 10.1. The first kappa shape index (κ1) is 24.3. The summed E-state index contributed by atoms with van der Waals surface area (Å²) in [6.07, 6.45) is 0. The number of hydrogen-bond acceptors (Lipinski definition) is 1. The Morgan fingerprint density at radius 3 is 1.34 bits per heavy atom. The van der Waals surface area contributed by atoms with E-state index in [4.69, 9.17) is 5.09 Å². The molecule has 0 saturated carbocycles. The first-order valence-corrected chi connectivity index (χ1v) is 12.4. The minimum absolute atomic E-state index is 0. The van der Waals surface area contributed by atoms with E-state index in [-0.39, 0.29) is 24.9 Å². The second-order valence-electron chi connectivity index (χ2n) is 7.23. The second-order valence-corrected chi connectivity index (χ2v) is 11.4. The zero-order valence-corrected chi connectivity index (χ0v) is 19.9. The van der Waals surface area contributed by atoms with Crippen molar-refractivity contribution in [1.82, 2.24) is 4.44 Å². The summed E-state index contributed by atoms with van der Waals surface area (Å²) < 4.78 is 2.67. The van der Waals surface area contributed by atoms with E-state index in [0.29, 0.717) is 6.04 Å². The molecule has 0 spiro atoms. The molecule has 5 heteroatoms. The van der Waals surface area contributed by atoms with Crippen LogP contribution in [-0.2, 0) is 0 Å². The Labute approximate surface area is 191 Å². The number of rotatable bonds is 8.